The van der Waals surface area contributed by atoms with Gasteiger partial charge in [0.2, 0.25) is 29.4 Å². The Labute approximate surface area is 475 Å². The first-order valence-electron chi connectivity index (χ1n) is 27.8. The van der Waals surface area contributed by atoms with Gasteiger partial charge in [-0.15, -0.1) is 0 Å². The zero-order valence-corrected chi connectivity index (χ0v) is 48.5. The number of piperidine rings is 1. The molecular formula is C61H80N6O14. The summed E-state index contributed by atoms with van der Waals surface area (Å²) in [5, 5.41) is 2.85. The minimum Gasteiger partial charge on any atom is -0.493 e. The first-order valence-corrected chi connectivity index (χ1v) is 27.8. The second-order valence-corrected chi connectivity index (χ2v) is 22.1. The largest absolute Gasteiger partial charge is 0.493 e. The van der Waals surface area contributed by atoms with Crippen molar-refractivity contribution in [2.24, 2.45) is 11.3 Å². The number of amides is 6. The standard InChI is InChI=1S/C61H80N6O14/c1-39(2)34-47-57(73)66-33-19-25-45(66)56(72)63(6)31-16-15-26-52(69)80-38-61(4,5)54(70)59(75)67-32-17-14-24-46(67)60(76)81-48(29-27-41-28-30-49(77-9)50(35-41)78-10)43-22-18-23-44(36-43)79-37-51(68)64(7)40(3)55(71)62-53(58(74)65(47)8)42-20-12-11-13-21-42/h11-13,15,18,20-23,26,28,30,35-36,39-40,45-48,53H,14,16-17,19,24-25,27,29,31-34,37-38H2,1-10H3,(H,62,71)/b26-15-/t40-,45-,46-,47-,48+,53?/m0/s1. The molecule has 1 N–H and O–H groups in total. The highest BCUT2D eigenvalue weighted by Gasteiger charge is 2.44. The number of rotatable bonds is 8. The summed E-state index contributed by atoms with van der Waals surface area (Å²) in [7, 11) is 7.62. The van der Waals surface area contributed by atoms with E-state index in [0.29, 0.717) is 54.7 Å². The molecule has 0 spiro atoms. The number of aryl methyl sites for hydroxylation is 1. The van der Waals surface area contributed by atoms with Crippen molar-refractivity contribution in [1.82, 2.24) is 29.8 Å². The van der Waals surface area contributed by atoms with Crippen LogP contribution in [0.15, 0.2) is 84.9 Å². The van der Waals surface area contributed by atoms with E-state index in [9.17, 15) is 43.2 Å². The van der Waals surface area contributed by atoms with Crippen LogP contribution >= 0.6 is 0 Å². The number of fused-ring (bicyclic) bond motifs is 4. The van der Waals surface area contributed by atoms with Crippen LogP contribution in [-0.2, 0) is 59.0 Å². The van der Waals surface area contributed by atoms with Crippen molar-refractivity contribution < 1.29 is 66.8 Å². The summed E-state index contributed by atoms with van der Waals surface area (Å²) in [6.45, 7) is 7.97. The highest BCUT2D eigenvalue weighted by molar-refractivity contribution is 6.38. The number of benzene rings is 3. The molecule has 0 radical (unpaired) electrons. The molecule has 81 heavy (non-hydrogen) atoms. The monoisotopic (exact) mass is 1120 g/mol. The minimum atomic E-state index is -1.48. The molecule has 6 atom stereocenters. The molecule has 3 aliphatic heterocycles. The van der Waals surface area contributed by atoms with Crippen LogP contribution in [0, 0.1) is 11.3 Å². The summed E-state index contributed by atoms with van der Waals surface area (Å²) in [6.07, 6.45) is 5.22. The van der Waals surface area contributed by atoms with E-state index in [0.717, 1.165) is 5.56 Å². The van der Waals surface area contributed by atoms with Crippen molar-refractivity contribution >= 4 is 53.2 Å². The summed E-state index contributed by atoms with van der Waals surface area (Å²) in [4.78, 5) is 134. The molecule has 2 saturated heterocycles. The molecule has 3 heterocycles. The quantitative estimate of drug-likeness (QED) is 0.208. The minimum absolute atomic E-state index is 0.0578. The number of carbonyl (C=O) groups is 9. The Morgan fingerprint density at radius 2 is 1.41 bits per heavy atom. The smallest absolute Gasteiger partial charge is 0.330 e. The second-order valence-electron chi connectivity index (χ2n) is 22.1. The fourth-order valence-corrected chi connectivity index (χ4v) is 10.2. The van der Waals surface area contributed by atoms with Gasteiger partial charge in [-0.1, -0.05) is 68.5 Å². The Kier molecular flexibility index (Phi) is 22.0. The highest BCUT2D eigenvalue weighted by atomic mass is 16.5. The van der Waals surface area contributed by atoms with Gasteiger partial charge in [0.15, 0.2) is 18.1 Å². The van der Waals surface area contributed by atoms with Crippen LogP contribution in [0.1, 0.15) is 115 Å². The molecule has 6 rings (SSSR count). The maximum Gasteiger partial charge on any atom is 0.330 e. The molecule has 0 aromatic heterocycles. The number of hydrogen-bond donors (Lipinski definition) is 1. The number of carbonyl (C=O) groups excluding carboxylic acids is 9. The van der Waals surface area contributed by atoms with Gasteiger partial charge in [0.1, 0.15) is 48.7 Å². The topological polar surface area (TPSA) is 228 Å². The Morgan fingerprint density at radius 3 is 2.11 bits per heavy atom. The zero-order valence-electron chi connectivity index (χ0n) is 48.5. The van der Waals surface area contributed by atoms with E-state index in [1.165, 1.54) is 85.7 Å². The molecule has 3 aromatic rings. The lowest BCUT2D eigenvalue weighted by Gasteiger charge is -2.36. The van der Waals surface area contributed by atoms with Crippen molar-refractivity contribution in [2.45, 2.75) is 129 Å². The SMILES string of the molecule is COc1ccc(CC[C@H]2OC(=O)[C@@H]3CCCCN3C(=O)C(=O)C(C)(C)COC(=O)/C=C\CCN(C)C(=O)[C@@H]3CCCN3C(=O)[C@H](CC(C)C)N(C)C(=O)C(c3ccccc3)NC(=O)[C@H](C)N(C)C(=O)COc3cccc2c3)cc1OC. The third kappa shape index (κ3) is 16.0. The molecule has 0 aliphatic carbocycles. The van der Waals surface area contributed by atoms with E-state index in [1.54, 1.807) is 67.7 Å². The molecule has 438 valence electrons. The summed E-state index contributed by atoms with van der Waals surface area (Å²) in [6, 6.07) is 15.4. The molecular weight excluding hydrogens is 1040 g/mol. The number of hydrogen-bond acceptors (Lipinski definition) is 14. The van der Waals surface area contributed by atoms with Crippen molar-refractivity contribution in [1.29, 1.82) is 0 Å². The van der Waals surface area contributed by atoms with Crippen molar-refractivity contribution in [3.8, 4) is 17.2 Å². The first kappa shape index (κ1) is 62.4. The number of ketones is 1. The normalized spacial score (nSPS) is 24.3. The predicted octanol–water partition coefficient (Wildman–Crippen LogP) is 5.81. The Bertz CT molecular complexity index is 2780. The number of nitrogens with zero attached hydrogens (tertiary/aromatic N) is 5. The van der Waals surface area contributed by atoms with E-state index in [4.69, 9.17) is 23.7 Å². The molecule has 0 saturated carbocycles. The highest BCUT2D eigenvalue weighted by Crippen LogP contribution is 2.33. The third-order valence-electron chi connectivity index (χ3n) is 15.3. The van der Waals surface area contributed by atoms with Gasteiger partial charge in [0.05, 0.1) is 19.6 Å². The van der Waals surface area contributed by atoms with Crippen LogP contribution in [0.4, 0.5) is 0 Å². The maximum atomic E-state index is 14.8. The van der Waals surface area contributed by atoms with E-state index in [1.807, 2.05) is 26.0 Å². The fourth-order valence-electron chi connectivity index (χ4n) is 10.2. The van der Waals surface area contributed by atoms with Gasteiger partial charge in [-0.25, -0.2) is 9.59 Å². The maximum absolute atomic E-state index is 14.8. The molecule has 20 heteroatoms. The molecule has 20 nitrogen and oxygen atoms in total. The second kappa shape index (κ2) is 28.6. The van der Waals surface area contributed by atoms with Gasteiger partial charge in [-0.3, -0.25) is 33.6 Å². The van der Waals surface area contributed by atoms with E-state index in [2.05, 4.69) is 5.32 Å². The average molecular weight is 1120 g/mol. The summed E-state index contributed by atoms with van der Waals surface area (Å²) < 4.78 is 28.8. The molecule has 2 fully saturated rings. The van der Waals surface area contributed by atoms with Crippen molar-refractivity contribution in [2.75, 3.05) is 68.2 Å². The van der Waals surface area contributed by atoms with E-state index in [-0.39, 0.29) is 62.9 Å². The number of ether oxygens (including phenoxy) is 5. The number of methoxy groups -OCH3 is 2. The summed E-state index contributed by atoms with van der Waals surface area (Å²) in [5.74, 6) is -4.57. The van der Waals surface area contributed by atoms with E-state index >= 15 is 0 Å². The lowest BCUT2D eigenvalue weighted by atomic mass is 9.87. The first-order chi connectivity index (χ1) is 38.6. The van der Waals surface area contributed by atoms with Crippen molar-refractivity contribution in [3.63, 3.8) is 0 Å². The van der Waals surface area contributed by atoms with Gasteiger partial charge in [-0.2, -0.15) is 0 Å². The van der Waals surface area contributed by atoms with Gasteiger partial charge >= 0.3 is 11.9 Å². The van der Waals surface area contributed by atoms with Crippen LogP contribution in [-0.4, -0.2) is 170 Å². The van der Waals surface area contributed by atoms with Gasteiger partial charge in [0.25, 0.3) is 11.8 Å². The van der Waals surface area contributed by atoms with Crippen LogP contribution in [0.5, 0.6) is 17.2 Å². The lowest BCUT2D eigenvalue weighted by Crippen LogP contribution is -2.56. The Hall–Kier alpha value is -7.77. The molecule has 6 amide bonds. The summed E-state index contributed by atoms with van der Waals surface area (Å²) in [5.41, 5.74) is 0.311. The fraction of sp³-hybridized carbons (Fsp3) is 0.525. The Balaban J connectivity index is 1.31. The van der Waals surface area contributed by atoms with Crippen molar-refractivity contribution in [3.05, 3.63) is 102 Å². The number of esters is 2. The third-order valence-corrected chi connectivity index (χ3v) is 15.3. The van der Waals surface area contributed by atoms with E-state index < -0.39 is 102 Å². The number of nitrogens with one attached hydrogen (secondary N) is 1. The van der Waals surface area contributed by atoms with Crippen LogP contribution in [0.3, 0.4) is 0 Å². The molecule has 3 aliphatic rings. The van der Waals surface area contributed by atoms with Crippen LogP contribution in [0.2, 0.25) is 0 Å². The average Bonchev–Trinajstić information content (AvgIpc) is 4.20. The lowest BCUT2D eigenvalue weighted by molar-refractivity contribution is -0.165. The number of cyclic esters (lactones) is 2. The van der Waals surface area contributed by atoms with Gasteiger partial charge in [0, 0.05) is 46.9 Å². The number of likely N-dealkylation sites (N-methyl/N-ethyl adjacent to an activating group) is 3. The zero-order chi connectivity index (χ0) is 59.1. The summed E-state index contributed by atoms with van der Waals surface area (Å²) >= 11 is 0. The molecule has 3 aromatic carbocycles. The van der Waals surface area contributed by atoms with Crippen LogP contribution < -0.4 is 19.5 Å². The molecule has 2 bridgehead atoms. The Morgan fingerprint density at radius 1 is 0.716 bits per heavy atom. The molecule has 1 unspecified atom stereocenters. The van der Waals surface area contributed by atoms with Gasteiger partial charge < -0.3 is 53.5 Å². The number of Topliss-reactive ketones (excluding diaryl/α,β-unsaturated/α-hetero) is 1. The van der Waals surface area contributed by atoms with Crippen LogP contribution in [0.25, 0.3) is 0 Å². The van der Waals surface area contributed by atoms with Gasteiger partial charge in [-0.05, 0) is 125 Å². The predicted molar refractivity (Wildman–Crippen MR) is 299 cm³/mol.